The molecule has 0 fully saturated rings. The Morgan fingerprint density at radius 1 is 1.20 bits per heavy atom. The zero-order valence-electron chi connectivity index (χ0n) is 14.2. The number of carbonyl (C=O) groups excluding carboxylic acids is 1. The number of rotatable bonds is 6. The molecule has 0 aliphatic heterocycles. The third-order valence-electron chi connectivity index (χ3n) is 3.82. The third kappa shape index (κ3) is 4.23. The smallest absolute Gasteiger partial charge is 0.310 e. The van der Waals surface area contributed by atoms with Crippen LogP contribution in [0.1, 0.15) is 23.6 Å². The molecule has 3 aromatic rings. The summed E-state index contributed by atoms with van der Waals surface area (Å²) >= 11 is 3.52. The number of halogens is 1. The topological polar surface area (TPSA) is 48.7 Å². The minimum atomic E-state index is -0.251. The first kappa shape index (κ1) is 17.5. The maximum absolute atomic E-state index is 11.8. The van der Waals surface area contributed by atoms with Crippen LogP contribution >= 0.6 is 15.9 Å². The molecular formula is C20H19BrO4. The van der Waals surface area contributed by atoms with E-state index in [2.05, 4.69) is 15.9 Å². The number of aryl methyl sites for hydroxylation is 1. The lowest BCUT2D eigenvalue weighted by atomic mass is 10.1. The molecule has 25 heavy (non-hydrogen) atoms. The highest BCUT2D eigenvalue weighted by atomic mass is 79.9. The summed E-state index contributed by atoms with van der Waals surface area (Å²) < 4.78 is 17.4. The van der Waals surface area contributed by atoms with Crippen molar-refractivity contribution in [1.29, 1.82) is 0 Å². The van der Waals surface area contributed by atoms with Gasteiger partial charge < -0.3 is 13.9 Å². The van der Waals surface area contributed by atoms with Crippen LogP contribution in [0.5, 0.6) is 5.75 Å². The number of furan rings is 1. The molecule has 0 N–H and O–H groups in total. The van der Waals surface area contributed by atoms with E-state index >= 15 is 0 Å². The molecule has 0 amide bonds. The van der Waals surface area contributed by atoms with Crippen molar-refractivity contribution in [2.75, 3.05) is 6.61 Å². The van der Waals surface area contributed by atoms with Crippen molar-refractivity contribution in [2.24, 2.45) is 0 Å². The minimum Gasteiger partial charge on any atom is -0.489 e. The quantitative estimate of drug-likeness (QED) is 0.532. The van der Waals surface area contributed by atoms with Crippen LogP contribution in [0, 0.1) is 6.92 Å². The van der Waals surface area contributed by atoms with Crippen molar-refractivity contribution < 1.29 is 18.7 Å². The molecule has 1 heterocycles. The van der Waals surface area contributed by atoms with E-state index < -0.39 is 0 Å². The maximum Gasteiger partial charge on any atom is 0.310 e. The second-order valence-electron chi connectivity index (χ2n) is 5.80. The second kappa shape index (κ2) is 7.74. The molecule has 2 aromatic carbocycles. The first-order chi connectivity index (χ1) is 12.1. The summed E-state index contributed by atoms with van der Waals surface area (Å²) in [4.78, 5) is 11.8. The number of fused-ring (bicyclic) bond motifs is 1. The fourth-order valence-corrected chi connectivity index (χ4v) is 3.27. The molecule has 130 valence electrons. The highest BCUT2D eigenvalue weighted by Gasteiger charge is 2.11. The molecule has 0 aliphatic carbocycles. The lowest BCUT2D eigenvalue weighted by Crippen LogP contribution is -2.09. The van der Waals surface area contributed by atoms with Crippen LogP contribution in [-0.2, 0) is 22.6 Å². The van der Waals surface area contributed by atoms with Crippen molar-refractivity contribution >= 4 is 32.9 Å². The highest BCUT2D eigenvalue weighted by molar-refractivity contribution is 9.10. The molecule has 0 bridgehead atoms. The lowest BCUT2D eigenvalue weighted by molar-refractivity contribution is -0.142. The van der Waals surface area contributed by atoms with Gasteiger partial charge in [0.05, 0.1) is 23.8 Å². The summed E-state index contributed by atoms with van der Waals surface area (Å²) in [6, 6.07) is 11.8. The van der Waals surface area contributed by atoms with Crippen LogP contribution in [0.15, 0.2) is 51.6 Å². The van der Waals surface area contributed by atoms with Crippen molar-refractivity contribution in [3.8, 4) is 5.75 Å². The summed E-state index contributed by atoms with van der Waals surface area (Å²) in [6.45, 7) is 4.57. The summed E-state index contributed by atoms with van der Waals surface area (Å²) in [5.74, 6) is 0.454. The molecule has 0 unspecified atom stereocenters. The third-order valence-corrected chi connectivity index (χ3v) is 4.41. The van der Waals surface area contributed by atoms with Crippen LogP contribution < -0.4 is 4.74 Å². The molecule has 0 saturated carbocycles. The van der Waals surface area contributed by atoms with E-state index in [9.17, 15) is 4.79 Å². The minimum absolute atomic E-state index is 0.202. The van der Waals surface area contributed by atoms with E-state index in [1.165, 1.54) is 0 Å². The number of hydrogen-bond donors (Lipinski definition) is 0. The van der Waals surface area contributed by atoms with Gasteiger partial charge in [-0.1, -0.05) is 12.1 Å². The van der Waals surface area contributed by atoms with Gasteiger partial charge in [0.15, 0.2) is 0 Å². The molecule has 0 spiro atoms. The van der Waals surface area contributed by atoms with Crippen LogP contribution in [0.2, 0.25) is 0 Å². The summed E-state index contributed by atoms with van der Waals surface area (Å²) in [7, 11) is 0. The van der Waals surface area contributed by atoms with Crippen molar-refractivity contribution in [1.82, 2.24) is 0 Å². The molecular weight excluding hydrogens is 384 g/mol. The van der Waals surface area contributed by atoms with Gasteiger partial charge in [-0.3, -0.25) is 4.79 Å². The Balaban J connectivity index is 1.79. The van der Waals surface area contributed by atoms with Crippen molar-refractivity contribution in [2.45, 2.75) is 26.9 Å². The van der Waals surface area contributed by atoms with E-state index in [1.54, 1.807) is 13.2 Å². The standard InChI is InChI=1S/C20H19BrO4/c1-3-23-19(22)11-15-5-4-13(2)8-18(15)25-12-14-9-16-6-7-24-20(16)17(21)10-14/h4-10H,3,11-12H2,1-2H3. The van der Waals surface area contributed by atoms with Gasteiger partial charge in [-0.2, -0.15) is 0 Å². The summed E-state index contributed by atoms with van der Waals surface area (Å²) in [5.41, 5.74) is 3.74. The fourth-order valence-electron chi connectivity index (χ4n) is 2.65. The molecule has 0 atom stereocenters. The Hall–Kier alpha value is -2.27. The Morgan fingerprint density at radius 3 is 2.84 bits per heavy atom. The zero-order valence-corrected chi connectivity index (χ0v) is 15.8. The Bertz CT molecular complexity index is 898. The number of esters is 1. The van der Waals surface area contributed by atoms with Gasteiger partial charge in [-0.05, 0) is 65.2 Å². The average molecular weight is 403 g/mol. The van der Waals surface area contributed by atoms with E-state index in [1.807, 2.05) is 43.3 Å². The predicted molar refractivity (Wildman–Crippen MR) is 99.8 cm³/mol. The Morgan fingerprint density at radius 2 is 2.04 bits per heavy atom. The Kier molecular flexibility index (Phi) is 5.43. The normalized spacial score (nSPS) is 10.8. The molecule has 4 nitrogen and oxygen atoms in total. The first-order valence-electron chi connectivity index (χ1n) is 8.10. The van der Waals surface area contributed by atoms with Crippen LogP contribution in [0.3, 0.4) is 0 Å². The molecule has 0 saturated heterocycles. The SMILES string of the molecule is CCOC(=O)Cc1ccc(C)cc1OCc1cc(Br)c2occc2c1. The number of carbonyl (C=O) groups is 1. The van der Waals surface area contributed by atoms with Crippen LogP contribution in [-0.4, -0.2) is 12.6 Å². The maximum atomic E-state index is 11.8. The Labute approximate surface area is 154 Å². The van der Waals surface area contributed by atoms with E-state index in [-0.39, 0.29) is 12.4 Å². The largest absolute Gasteiger partial charge is 0.489 e. The number of benzene rings is 2. The van der Waals surface area contributed by atoms with E-state index in [0.717, 1.165) is 32.1 Å². The summed E-state index contributed by atoms with van der Waals surface area (Å²) in [6.07, 6.45) is 1.87. The molecule has 1 aromatic heterocycles. The lowest BCUT2D eigenvalue weighted by Gasteiger charge is -2.13. The monoisotopic (exact) mass is 402 g/mol. The van der Waals surface area contributed by atoms with Gasteiger partial charge in [-0.25, -0.2) is 0 Å². The fraction of sp³-hybridized carbons (Fsp3) is 0.250. The van der Waals surface area contributed by atoms with Gasteiger partial charge in [0.1, 0.15) is 17.9 Å². The van der Waals surface area contributed by atoms with E-state index in [4.69, 9.17) is 13.9 Å². The van der Waals surface area contributed by atoms with Gasteiger partial charge in [0, 0.05) is 10.9 Å². The van der Waals surface area contributed by atoms with Crippen LogP contribution in [0.4, 0.5) is 0 Å². The highest BCUT2D eigenvalue weighted by Crippen LogP contribution is 2.28. The number of hydrogen-bond acceptors (Lipinski definition) is 4. The average Bonchev–Trinajstić information content (AvgIpc) is 3.04. The zero-order chi connectivity index (χ0) is 17.8. The van der Waals surface area contributed by atoms with Gasteiger partial charge in [0.25, 0.3) is 0 Å². The van der Waals surface area contributed by atoms with Gasteiger partial charge in [-0.15, -0.1) is 0 Å². The van der Waals surface area contributed by atoms with E-state index in [0.29, 0.717) is 19.0 Å². The van der Waals surface area contributed by atoms with Crippen LogP contribution in [0.25, 0.3) is 11.0 Å². The summed E-state index contributed by atoms with van der Waals surface area (Å²) in [5, 5.41) is 1.02. The first-order valence-corrected chi connectivity index (χ1v) is 8.89. The van der Waals surface area contributed by atoms with Crippen molar-refractivity contribution in [3.05, 3.63) is 63.8 Å². The molecule has 0 aliphatic rings. The molecule has 0 radical (unpaired) electrons. The van der Waals surface area contributed by atoms with Gasteiger partial charge in [0.2, 0.25) is 0 Å². The molecule has 5 heteroatoms. The van der Waals surface area contributed by atoms with Gasteiger partial charge >= 0.3 is 5.97 Å². The van der Waals surface area contributed by atoms with Crippen molar-refractivity contribution in [3.63, 3.8) is 0 Å². The molecule has 3 rings (SSSR count). The number of ether oxygens (including phenoxy) is 2. The second-order valence-corrected chi connectivity index (χ2v) is 6.65. The predicted octanol–water partition coefficient (Wildman–Crippen LogP) is 5.19.